The van der Waals surface area contributed by atoms with E-state index in [1.165, 1.54) is 0 Å². The molecule has 0 aromatic heterocycles. The molecule has 1 aromatic rings. The fourth-order valence-electron chi connectivity index (χ4n) is 3.04. The highest BCUT2D eigenvalue weighted by Gasteiger charge is 2.33. The van der Waals surface area contributed by atoms with Gasteiger partial charge >= 0.3 is 0 Å². The van der Waals surface area contributed by atoms with Crippen LogP contribution in [0.5, 0.6) is 0 Å². The van der Waals surface area contributed by atoms with Crippen molar-refractivity contribution in [3.8, 4) is 0 Å². The lowest BCUT2D eigenvalue weighted by atomic mass is 10.1. The van der Waals surface area contributed by atoms with Gasteiger partial charge < -0.3 is 10.2 Å². The zero-order valence-electron chi connectivity index (χ0n) is 12.7. The van der Waals surface area contributed by atoms with Gasteiger partial charge in [-0.25, -0.2) is 0 Å². The van der Waals surface area contributed by atoms with Gasteiger partial charge in [-0.2, -0.15) is 0 Å². The van der Waals surface area contributed by atoms with Crippen molar-refractivity contribution in [2.45, 2.75) is 6.04 Å². The molecule has 1 amide bonds. The van der Waals surface area contributed by atoms with Crippen molar-refractivity contribution < 1.29 is 4.79 Å². The number of hydrogen-bond acceptors (Lipinski definition) is 4. The number of carbonyl (C=O) groups is 1. The van der Waals surface area contributed by atoms with E-state index in [0.717, 1.165) is 45.0 Å². The molecule has 2 aliphatic heterocycles. The molecule has 0 unspecified atom stereocenters. The van der Waals surface area contributed by atoms with E-state index >= 15 is 0 Å². The number of para-hydroxylation sites is 1. The number of carbonyl (C=O) groups excluding carboxylic acids is 1. The Hall–Kier alpha value is -1.43. The quantitative estimate of drug-likeness (QED) is 0.861. The summed E-state index contributed by atoms with van der Waals surface area (Å²) in [5.74, 6) is 0.167. The van der Waals surface area contributed by atoms with Crippen LogP contribution in [0.15, 0.2) is 30.3 Å². The molecule has 0 atom stereocenters. The molecule has 0 bridgehead atoms. The lowest BCUT2D eigenvalue weighted by Gasteiger charge is -2.46. The van der Waals surface area contributed by atoms with E-state index in [4.69, 9.17) is 0 Å². The first kappa shape index (κ1) is 14.5. The molecule has 21 heavy (non-hydrogen) atoms. The Labute approximate surface area is 126 Å². The van der Waals surface area contributed by atoms with Crippen LogP contribution in [0.3, 0.4) is 0 Å². The van der Waals surface area contributed by atoms with Crippen LogP contribution < -0.4 is 10.2 Å². The number of nitrogens with zero attached hydrogens (tertiary/aromatic N) is 3. The number of likely N-dealkylation sites (N-methyl/N-ethyl adjacent to an activating group) is 1. The van der Waals surface area contributed by atoms with Crippen LogP contribution in [0, 0.1) is 0 Å². The minimum absolute atomic E-state index is 0.167. The van der Waals surface area contributed by atoms with Gasteiger partial charge in [0.25, 0.3) is 0 Å². The predicted molar refractivity (Wildman–Crippen MR) is 84.5 cm³/mol. The van der Waals surface area contributed by atoms with Crippen LogP contribution in [-0.4, -0.2) is 74.6 Å². The molecule has 0 saturated carbocycles. The topological polar surface area (TPSA) is 38.8 Å². The van der Waals surface area contributed by atoms with Crippen LogP contribution in [0.2, 0.25) is 0 Å². The summed E-state index contributed by atoms with van der Waals surface area (Å²) in [5.41, 5.74) is 0.960. The lowest BCUT2D eigenvalue weighted by Crippen LogP contribution is -2.63. The van der Waals surface area contributed by atoms with Crippen LogP contribution in [0.1, 0.15) is 0 Å². The zero-order chi connectivity index (χ0) is 14.7. The maximum absolute atomic E-state index is 12.3. The highest BCUT2D eigenvalue weighted by Crippen LogP contribution is 2.17. The van der Waals surface area contributed by atoms with Crippen LogP contribution in [-0.2, 0) is 4.79 Å². The van der Waals surface area contributed by atoms with Crippen LogP contribution >= 0.6 is 0 Å². The van der Waals surface area contributed by atoms with Gasteiger partial charge in [0.1, 0.15) is 0 Å². The molecular weight excluding hydrogens is 264 g/mol. The third-order valence-electron chi connectivity index (χ3n) is 4.48. The molecule has 1 N–H and O–H groups in total. The summed E-state index contributed by atoms with van der Waals surface area (Å²) in [4.78, 5) is 18.8. The van der Waals surface area contributed by atoms with Gasteiger partial charge in [-0.15, -0.1) is 0 Å². The van der Waals surface area contributed by atoms with E-state index in [-0.39, 0.29) is 5.91 Å². The number of hydrogen-bond donors (Lipinski definition) is 1. The second kappa shape index (κ2) is 6.56. The molecule has 2 fully saturated rings. The van der Waals surface area contributed by atoms with Gasteiger partial charge in [0, 0.05) is 58.0 Å². The average Bonchev–Trinajstić information content (AvgIpc) is 2.51. The van der Waals surface area contributed by atoms with Crippen molar-refractivity contribution in [3.63, 3.8) is 0 Å². The smallest absolute Gasteiger partial charge is 0.240 e. The summed E-state index contributed by atoms with van der Waals surface area (Å²) in [6.07, 6.45) is 0. The predicted octanol–water partition coefficient (Wildman–Crippen LogP) is 0.239. The number of anilines is 1. The Morgan fingerprint density at radius 3 is 2.57 bits per heavy atom. The largest absolute Gasteiger partial charge is 0.314 e. The number of amides is 1. The Bertz CT molecular complexity index is 466. The third-order valence-corrected chi connectivity index (χ3v) is 4.48. The van der Waals surface area contributed by atoms with Crippen molar-refractivity contribution in [3.05, 3.63) is 30.3 Å². The lowest BCUT2D eigenvalue weighted by molar-refractivity contribution is -0.121. The Morgan fingerprint density at radius 1 is 1.24 bits per heavy atom. The van der Waals surface area contributed by atoms with Crippen LogP contribution in [0.25, 0.3) is 0 Å². The van der Waals surface area contributed by atoms with E-state index in [9.17, 15) is 4.79 Å². The molecular formula is C16H24N4O. The summed E-state index contributed by atoms with van der Waals surface area (Å²) < 4.78 is 0. The zero-order valence-corrected chi connectivity index (χ0v) is 12.7. The molecule has 1 aromatic carbocycles. The molecule has 5 heteroatoms. The van der Waals surface area contributed by atoms with Gasteiger partial charge in [0.05, 0.1) is 6.54 Å². The SMILES string of the molecule is CN(C(=O)CN1CC(N2CCNCC2)C1)c1ccccc1. The van der Waals surface area contributed by atoms with E-state index in [0.29, 0.717) is 12.6 Å². The number of nitrogens with one attached hydrogen (secondary N) is 1. The fraction of sp³-hybridized carbons (Fsp3) is 0.562. The van der Waals surface area contributed by atoms with Gasteiger partial charge in [-0.05, 0) is 12.1 Å². The maximum Gasteiger partial charge on any atom is 0.240 e. The average molecular weight is 288 g/mol. The minimum Gasteiger partial charge on any atom is -0.314 e. The summed E-state index contributed by atoms with van der Waals surface area (Å²) in [6.45, 7) is 7.02. The highest BCUT2D eigenvalue weighted by atomic mass is 16.2. The van der Waals surface area contributed by atoms with E-state index < -0.39 is 0 Å². The first-order chi connectivity index (χ1) is 10.2. The number of likely N-dealkylation sites (tertiary alicyclic amines) is 1. The van der Waals surface area contributed by atoms with Crippen molar-refractivity contribution in [1.29, 1.82) is 0 Å². The second-order valence-electron chi connectivity index (χ2n) is 5.92. The Morgan fingerprint density at radius 2 is 1.90 bits per heavy atom. The minimum atomic E-state index is 0.167. The molecule has 2 aliphatic rings. The van der Waals surface area contributed by atoms with Crippen molar-refractivity contribution >= 4 is 11.6 Å². The monoisotopic (exact) mass is 288 g/mol. The van der Waals surface area contributed by atoms with Gasteiger partial charge in [0.15, 0.2) is 0 Å². The molecule has 0 aliphatic carbocycles. The molecule has 5 nitrogen and oxygen atoms in total. The number of benzene rings is 1. The Balaban J connectivity index is 1.44. The molecule has 0 radical (unpaired) electrons. The molecule has 2 heterocycles. The van der Waals surface area contributed by atoms with Gasteiger partial charge in [-0.1, -0.05) is 18.2 Å². The molecule has 3 rings (SSSR count). The summed E-state index contributed by atoms with van der Waals surface area (Å²) in [6, 6.07) is 10.5. The molecule has 0 spiro atoms. The van der Waals surface area contributed by atoms with Crippen LogP contribution in [0.4, 0.5) is 5.69 Å². The standard InChI is InChI=1S/C16H24N4O/c1-18(14-5-3-2-4-6-14)16(21)13-19-11-15(12-19)20-9-7-17-8-10-20/h2-6,15,17H,7-13H2,1H3. The maximum atomic E-state index is 12.3. The fourth-order valence-corrected chi connectivity index (χ4v) is 3.04. The van der Waals surface area contributed by atoms with E-state index in [1.807, 2.05) is 37.4 Å². The summed E-state index contributed by atoms with van der Waals surface area (Å²) in [7, 11) is 1.85. The third kappa shape index (κ3) is 3.43. The van der Waals surface area contributed by atoms with E-state index in [2.05, 4.69) is 15.1 Å². The van der Waals surface area contributed by atoms with Crippen molar-refractivity contribution in [1.82, 2.24) is 15.1 Å². The normalized spacial score (nSPS) is 21.0. The summed E-state index contributed by atoms with van der Waals surface area (Å²) >= 11 is 0. The van der Waals surface area contributed by atoms with Crippen molar-refractivity contribution in [2.24, 2.45) is 0 Å². The molecule has 2 saturated heterocycles. The Kier molecular flexibility index (Phi) is 4.53. The first-order valence-corrected chi connectivity index (χ1v) is 7.73. The number of piperazine rings is 1. The summed E-state index contributed by atoms with van der Waals surface area (Å²) in [5, 5.41) is 3.38. The van der Waals surface area contributed by atoms with Gasteiger partial charge in [-0.3, -0.25) is 14.6 Å². The second-order valence-corrected chi connectivity index (χ2v) is 5.92. The first-order valence-electron chi connectivity index (χ1n) is 7.73. The van der Waals surface area contributed by atoms with Gasteiger partial charge in [0.2, 0.25) is 5.91 Å². The van der Waals surface area contributed by atoms with Crippen molar-refractivity contribution in [2.75, 3.05) is 57.8 Å². The number of rotatable bonds is 4. The molecule has 114 valence electrons. The highest BCUT2D eigenvalue weighted by molar-refractivity contribution is 5.94. The van der Waals surface area contributed by atoms with E-state index in [1.54, 1.807) is 4.90 Å².